The first-order valence-electron chi connectivity index (χ1n) is 9.72. The average molecular weight is 474 g/mol. The second-order valence-corrected chi connectivity index (χ2v) is 10.1. The molecule has 2 heterocycles. The van der Waals surface area contributed by atoms with Crippen LogP contribution in [0.5, 0.6) is 5.75 Å². The summed E-state index contributed by atoms with van der Waals surface area (Å²) >= 11 is 1.24. The highest BCUT2D eigenvalue weighted by atomic mass is 32.2. The summed E-state index contributed by atoms with van der Waals surface area (Å²) in [6.45, 7) is 4.14. The SMILES string of the molecule is CCOc1ccc(N(C)S(=O)(=O)c2cc(-c3nc(-c4ccc(F)cc4)no3)sc2C)cc1. The van der Waals surface area contributed by atoms with Crippen molar-refractivity contribution in [1.29, 1.82) is 0 Å². The van der Waals surface area contributed by atoms with E-state index in [1.807, 2.05) is 6.92 Å². The maximum atomic E-state index is 13.3. The highest BCUT2D eigenvalue weighted by Gasteiger charge is 2.27. The van der Waals surface area contributed by atoms with Crippen LogP contribution in [-0.2, 0) is 10.0 Å². The smallest absolute Gasteiger partial charge is 0.268 e. The standard InChI is InChI=1S/C22H20FN3O4S2/c1-4-29-18-11-9-17(10-12-18)26(3)32(27,28)20-13-19(31-14(20)2)22-24-21(25-30-22)15-5-7-16(23)8-6-15/h5-13H,4H2,1-3H3. The lowest BCUT2D eigenvalue weighted by Gasteiger charge is -2.19. The fraction of sp³-hybridized carbons (Fsp3) is 0.182. The van der Waals surface area contributed by atoms with Crippen LogP contribution >= 0.6 is 11.3 Å². The molecular weight excluding hydrogens is 453 g/mol. The number of halogens is 1. The largest absolute Gasteiger partial charge is 0.494 e. The Balaban J connectivity index is 1.62. The van der Waals surface area contributed by atoms with Gasteiger partial charge < -0.3 is 9.26 Å². The van der Waals surface area contributed by atoms with Gasteiger partial charge in [0.15, 0.2) is 0 Å². The molecule has 4 rings (SSSR count). The summed E-state index contributed by atoms with van der Waals surface area (Å²) in [7, 11) is -2.31. The molecule has 2 aromatic heterocycles. The van der Waals surface area contributed by atoms with Crippen LogP contribution in [0.3, 0.4) is 0 Å². The van der Waals surface area contributed by atoms with Crippen LogP contribution < -0.4 is 9.04 Å². The van der Waals surface area contributed by atoms with Gasteiger partial charge in [0, 0.05) is 17.5 Å². The molecule has 7 nitrogen and oxygen atoms in total. The molecule has 0 radical (unpaired) electrons. The zero-order chi connectivity index (χ0) is 22.9. The van der Waals surface area contributed by atoms with Gasteiger partial charge in [-0.05, 0) is 68.4 Å². The summed E-state index contributed by atoms with van der Waals surface area (Å²) in [5.41, 5.74) is 1.11. The number of ether oxygens (including phenoxy) is 1. The molecule has 0 aliphatic rings. The number of aromatic nitrogens is 2. The molecule has 0 amide bonds. The Morgan fingerprint density at radius 1 is 1.12 bits per heavy atom. The van der Waals surface area contributed by atoms with E-state index < -0.39 is 10.0 Å². The zero-order valence-corrected chi connectivity index (χ0v) is 19.2. The molecule has 166 valence electrons. The fourth-order valence-electron chi connectivity index (χ4n) is 3.07. The number of benzene rings is 2. The van der Waals surface area contributed by atoms with Crippen LogP contribution in [0.1, 0.15) is 11.8 Å². The molecule has 0 unspecified atom stereocenters. The van der Waals surface area contributed by atoms with Gasteiger partial charge in [-0.1, -0.05) is 5.16 Å². The molecule has 0 aliphatic carbocycles. The number of aryl methyl sites for hydroxylation is 1. The van der Waals surface area contributed by atoms with Gasteiger partial charge >= 0.3 is 0 Å². The highest BCUT2D eigenvalue weighted by Crippen LogP contribution is 2.36. The lowest BCUT2D eigenvalue weighted by molar-refractivity contribution is 0.340. The first-order valence-corrected chi connectivity index (χ1v) is 12.0. The van der Waals surface area contributed by atoms with E-state index in [2.05, 4.69) is 10.1 Å². The van der Waals surface area contributed by atoms with Gasteiger partial charge in [0.25, 0.3) is 15.9 Å². The number of nitrogens with zero attached hydrogens (tertiary/aromatic N) is 3. The van der Waals surface area contributed by atoms with Crippen molar-refractivity contribution in [2.45, 2.75) is 18.7 Å². The number of anilines is 1. The van der Waals surface area contributed by atoms with Crippen molar-refractivity contribution in [3.8, 4) is 27.9 Å². The molecule has 0 N–H and O–H groups in total. The third-order valence-corrected chi connectivity index (χ3v) is 7.84. The van der Waals surface area contributed by atoms with Crippen LogP contribution in [0.2, 0.25) is 0 Å². The van der Waals surface area contributed by atoms with E-state index in [0.717, 1.165) is 0 Å². The van der Waals surface area contributed by atoms with E-state index in [1.54, 1.807) is 43.3 Å². The van der Waals surface area contributed by atoms with E-state index in [1.165, 1.54) is 40.9 Å². The zero-order valence-electron chi connectivity index (χ0n) is 17.6. The number of hydrogen-bond acceptors (Lipinski definition) is 7. The highest BCUT2D eigenvalue weighted by molar-refractivity contribution is 7.93. The Bertz CT molecular complexity index is 1330. The molecule has 0 bridgehead atoms. The molecule has 0 atom stereocenters. The van der Waals surface area contributed by atoms with E-state index in [4.69, 9.17) is 9.26 Å². The molecule has 0 saturated heterocycles. The molecule has 0 aliphatic heterocycles. The lowest BCUT2D eigenvalue weighted by atomic mass is 10.2. The maximum absolute atomic E-state index is 13.3. The van der Waals surface area contributed by atoms with Crippen molar-refractivity contribution in [2.75, 3.05) is 18.0 Å². The number of thiophene rings is 1. The maximum Gasteiger partial charge on any atom is 0.268 e. The van der Waals surface area contributed by atoms with E-state index in [-0.39, 0.29) is 16.6 Å². The van der Waals surface area contributed by atoms with Crippen LogP contribution in [-0.4, -0.2) is 32.2 Å². The van der Waals surface area contributed by atoms with E-state index in [0.29, 0.717) is 39.2 Å². The lowest BCUT2D eigenvalue weighted by Crippen LogP contribution is -2.26. The number of rotatable bonds is 7. The van der Waals surface area contributed by atoms with Crippen molar-refractivity contribution >= 4 is 27.0 Å². The minimum Gasteiger partial charge on any atom is -0.494 e. The second-order valence-electron chi connectivity index (χ2n) is 6.86. The third kappa shape index (κ3) is 4.23. The van der Waals surface area contributed by atoms with E-state index in [9.17, 15) is 12.8 Å². The van der Waals surface area contributed by atoms with Gasteiger partial charge in [0.2, 0.25) is 5.82 Å². The monoisotopic (exact) mass is 473 g/mol. The number of hydrogen-bond donors (Lipinski definition) is 0. The molecular formula is C22H20FN3O4S2. The van der Waals surface area contributed by atoms with Gasteiger partial charge in [-0.15, -0.1) is 11.3 Å². The molecule has 0 spiro atoms. The van der Waals surface area contributed by atoms with Crippen molar-refractivity contribution in [1.82, 2.24) is 10.1 Å². The van der Waals surface area contributed by atoms with Crippen molar-refractivity contribution in [3.05, 3.63) is 65.3 Å². The molecule has 0 fully saturated rings. The first kappa shape index (κ1) is 22.0. The minimum absolute atomic E-state index is 0.162. The van der Waals surface area contributed by atoms with Gasteiger partial charge in [-0.2, -0.15) is 4.98 Å². The summed E-state index contributed by atoms with van der Waals surface area (Å²) in [4.78, 5) is 5.62. The fourth-order valence-corrected chi connectivity index (χ4v) is 5.75. The Morgan fingerprint density at radius 2 is 1.81 bits per heavy atom. The Kier molecular flexibility index (Phi) is 5.98. The van der Waals surface area contributed by atoms with Crippen molar-refractivity contribution in [3.63, 3.8) is 0 Å². The van der Waals surface area contributed by atoms with E-state index >= 15 is 0 Å². The first-order chi connectivity index (χ1) is 15.3. The molecule has 32 heavy (non-hydrogen) atoms. The van der Waals surface area contributed by atoms with Gasteiger partial charge in [0.05, 0.1) is 17.2 Å². The average Bonchev–Trinajstić information content (AvgIpc) is 3.42. The van der Waals surface area contributed by atoms with Crippen LogP contribution in [0.25, 0.3) is 22.2 Å². The molecule has 0 saturated carbocycles. The van der Waals surface area contributed by atoms with Crippen molar-refractivity contribution in [2.24, 2.45) is 0 Å². The summed E-state index contributed by atoms with van der Waals surface area (Å²) < 4.78 is 51.6. The Hall–Kier alpha value is -3.24. The Morgan fingerprint density at radius 3 is 2.47 bits per heavy atom. The topological polar surface area (TPSA) is 85.5 Å². The minimum atomic E-state index is -3.81. The normalized spacial score (nSPS) is 11.5. The summed E-state index contributed by atoms with van der Waals surface area (Å²) in [5.74, 6) is 0.798. The third-order valence-electron chi connectivity index (χ3n) is 4.76. The quantitative estimate of drug-likeness (QED) is 0.370. The van der Waals surface area contributed by atoms with Gasteiger partial charge in [-0.25, -0.2) is 12.8 Å². The van der Waals surface area contributed by atoms with Crippen LogP contribution in [0.15, 0.2) is 64.0 Å². The Labute approximate surface area is 189 Å². The molecule has 10 heteroatoms. The van der Waals surface area contributed by atoms with Crippen LogP contribution in [0, 0.1) is 12.7 Å². The van der Waals surface area contributed by atoms with Gasteiger partial charge in [0.1, 0.15) is 16.5 Å². The number of sulfonamides is 1. The van der Waals surface area contributed by atoms with Crippen molar-refractivity contribution < 1.29 is 22.1 Å². The molecule has 4 aromatic rings. The predicted octanol–water partition coefficient (Wildman–Crippen LogP) is 5.14. The summed E-state index contributed by atoms with van der Waals surface area (Å²) in [6, 6.07) is 14.1. The molecule has 2 aromatic carbocycles. The second kappa shape index (κ2) is 8.71. The summed E-state index contributed by atoms with van der Waals surface area (Å²) in [5, 5.41) is 3.93. The predicted molar refractivity (Wildman–Crippen MR) is 121 cm³/mol. The summed E-state index contributed by atoms with van der Waals surface area (Å²) in [6.07, 6.45) is 0. The van der Waals surface area contributed by atoms with Crippen LogP contribution in [0.4, 0.5) is 10.1 Å². The van der Waals surface area contributed by atoms with Gasteiger partial charge in [-0.3, -0.25) is 4.31 Å².